The predicted molar refractivity (Wildman–Crippen MR) is 83.7 cm³/mol. The van der Waals surface area contributed by atoms with Crippen molar-refractivity contribution in [1.82, 2.24) is 15.1 Å². The summed E-state index contributed by atoms with van der Waals surface area (Å²) in [6.45, 7) is 3.97. The van der Waals surface area contributed by atoms with Crippen molar-refractivity contribution >= 4 is 0 Å². The van der Waals surface area contributed by atoms with E-state index in [4.69, 9.17) is 0 Å². The van der Waals surface area contributed by atoms with Crippen LogP contribution in [0.25, 0.3) is 0 Å². The van der Waals surface area contributed by atoms with E-state index in [-0.39, 0.29) is 5.82 Å². The van der Waals surface area contributed by atoms with Crippen LogP contribution in [0.15, 0.2) is 36.7 Å². The summed E-state index contributed by atoms with van der Waals surface area (Å²) in [5.41, 5.74) is 2.05. The molecule has 3 nitrogen and oxygen atoms in total. The molecule has 0 aliphatic heterocycles. The fourth-order valence-corrected chi connectivity index (χ4v) is 2.57. The van der Waals surface area contributed by atoms with Gasteiger partial charge in [0.1, 0.15) is 5.82 Å². The molecule has 0 bridgehead atoms. The molecule has 1 atom stereocenters. The quantitative estimate of drug-likeness (QED) is 0.809. The van der Waals surface area contributed by atoms with E-state index >= 15 is 0 Å². The number of hydrogen-bond acceptors (Lipinski definition) is 2. The number of aromatic nitrogens is 2. The number of benzene rings is 1. The average molecular weight is 289 g/mol. The summed E-state index contributed by atoms with van der Waals surface area (Å²) in [6, 6.07) is 7.08. The molecule has 0 fully saturated rings. The highest BCUT2D eigenvalue weighted by Crippen LogP contribution is 2.17. The summed E-state index contributed by atoms with van der Waals surface area (Å²) in [7, 11) is 1.93. The van der Waals surface area contributed by atoms with Crippen LogP contribution < -0.4 is 5.32 Å². The second-order valence-corrected chi connectivity index (χ2v) is 5.53. The second-order valence-electron chi connectivity index (χ2n) is 5.53. The Morgan fingerprint density at radius 1 is 1.33 bits per heavy atom. The van der Waals surface area contributed by atoms with Crippen molar-refractivity contribution in [2.45, 2.75) is 26.2 Å². The predicted octanol–water partition coefficient (Wildman–Crippen LogP) is 2.96. The molecule has 1 aromatic carbocycles. The van der Waals surface area contributed by atoms with Gasteiger partial charge < -0.3 is 5.32 Å². The number of nitrogens with one attached hydrogen (secondary N) is 1. The molecule has 21 heavy (non-hydrogen) atoms. The lowest BCUT2D eigenvalue weighted by atomic mass is 9.93. The van der Waals surface area contributed by atoms with Crippen molar-refractivity contribution in [3.05, 3.63) is 53.6 Å². The molecule has 1 N–H and O–H groups in total. The zero-order valence-corrected chi connectivity index (χ0v) is 12.8. The molecule has 2 aromatic rings. The average Bonchev–Trinajstić information content (AvgIpc) is 2.89. The first-order valence-electron chi connectivity index (χ1n) is 7.60. The van der Waals surface area contributed by atoms with Gasteiger partial charge in [-0.1, -0.05) is 25.1 Å². The van der Waals surface area contributed by atoms with Crippen molar-refractivity contribution in [3.8, 4) is 0 Å². The lowest BCUT2D eigenvalue weighted by Gasteiger charge is -2.17. The normalized spacial score (nSPS) is 12.5. The van der Waals surface area contributed by atoms with E-state index in [1.807, 2.05) is 36.3 Å². The Bertz CT molecular complexity index is 550. The molecule has 0 amide bonds. The number of aryl methyl sites for hydroxylation is 2. The molecule has 0 radical (unpaired) electrons. The molecule has 1 unspecified atom stereocenters. The zero-order chi connectivity index (χ0) is 15.1. The lowest BCUT2D eigenvalue weighted by molar-refractivity contribution is 0.441. The van der Waals surface area contributed by atoms with Gasteiger partial charge >= 0.3 is 0 Å². The van der Waals surface area contributed by atoms with Crippen LogP contribution in [0.4, 0.5) is 4.39 Å². The number of halogens is 1. The highest BCUT2D eigenvalue weighted by atomic mass is 19.1. The van der Waals surface area contributed by atoms with Crippen LogP contribution in [-0.4, -0.2) is 22.9 Å². The summed E-state index contributed by atoms with van der Waals surface area (Å²) in [4.78, 5) is 0. The molecule has 0 aliphatic carbocycles. The molecule has 4 heteroatoms. The second kappa shape index (κ2) is 7.93. The van der Waals surface area contributed by atoms with Gasteiger partial charge in [0, 0.05) is 13.2 Å². The molecule has 0 saturated heterocycles. The van der Waals surface area contributed by atoms with Crippen LogP contribution in [0.5, 0.6) is 0 Å². The van der Waals surface area contributed by atoms with Crippen molar-refractivity contribution in [1.29, 1.82) is 0 Å². The fraction of sp³-hybridized carbons (Fsp3) is 0.471. The maximum absolute atomic E-state index is 13.8. The van der Waals surface area contributed by atoms with E-state index in [0.29, 0.717) is 5.92 Å². The minimum Gasteiger partial charge on any atom is -0.317 e. The molecule has 0 spiro atoms. The van der Waals surface area contributed by atoms with Gasteiger partial charge in [-0.15, -0.1) is 0 Å². The molecule has 1 heterocycles. The first kappa shape index (κ1) is 15.7. The molecule has 2 rings (SSSR count). The van der Waals surface area contributed by atoms with Crippen LogP contribution in [0.1, 0.15) is 24.5 Å². The van der Waals surface area contributed by atoms with Crippen LogP contribution in [0.3, 0.4) is 0 Å². The topological polar surface area (TPSA) is 29.9 Å². The third-order valence-electron chi connectivity index (χ3n) is 3.75. The maximum Gasteiger partial charge on any atom is 0.126 e. The van der Waals surface area contributed by atoms with Gasteiger partial charge in [0.2, 0.25) is 0 Å². The van der Waals surface area contributed by atoms with E-state index in [0.717, 1.165) is 37.9 Å². The van der Waals surface area contributed by atoms with E-state index < -0.39 is 0 Å². The summed E-state index contributed by atoms with van der Waals surface area (Å²) in [5, 5.41) is 7.58. The SMILES string of the molecule is CCNCC(CCc1cnn(C)c1)Cc1ccccc1F. The molecule has 0 saturated carbocycles. The van der Waals surface area contributed by atoms with Crippen molar-refractivity contribution < 1.29 is 4.39 Å². The van der Waals surface area contributed by atoms with Gasteiger partial charge in [0.25, 0.3) is 0 Å². The third kappa shape index (κ3) is 4.97. The Balaban J connectivity index is 1.95. The summed E-state index contributed by atoms with van der Waals surface area (Å²) >= 11 is 0. The highest BCUT2D eigenvalue weighted by Gasteiger charge is 2.12. The highest BCUT2D eigenvalue weighted by molar-refractivity contribution is 5.18. The Kier molecular flexibility index (Phi) is 5.93. The van der Waals surface area contributed by atoms with Gasteiger partial charge in [-0.3, -0.25) is 4.68 Å². The van der Waals surface area contributed by atoms with Crippen LogP contribution in [0, 0.1) is 11.7 Å². The van der Waals surface area contributed by atoms with E-state index in [9.17, 15) is 4.39 Å². The van der Waals surface area contributed by atoms with Gasteiger partial charge in [-0.05, 0) is 55.5 Å². The van der Waals surface area contributed by atoms with Crippen LogP contribution >= 0.6 is 0 Å². The smallest absolute Gasteiger partial charge is 0.126 e. The Labute approximate surface area is 126 Å². The largest absolute Gasteiger partial charge is 0.317 e. The van der Waals surface area contributed by atoms with E-state index in [2.05, 4.69) is 17.3 Å². The Morgan fingerprint density at radius 2 is 2.14 bits per heavy atom. The van der Waals surface area contributed by atoms with Gasteiger partial charge in [-0.2, -0.15) is 5.10 Å². The standard InChI is InChI=1S/C17H24FN3/c1-3-19-11-14(8-9-15-12-20-21(2)13-15)10-16-6-4-5-7-17(16)18/h4-7,12-14,19H,3,8-11H2,1-2H3. The summed E-state index contributed by atoms with van der Waals surface area (Å²) in [5.74, 6) is 0.336. The minimum absolute atomic E-state index is 0.0969. The monoisotopic (exact) mass is 289 g/mol. The van der Waals surface area contributed by atoms with Crippen molar-refractivity contribution in [2.24, 2.45) is 13.0 Å². The minimum atomic E-state index is -0.0969. The molecule has 1 aromatic heterocycles. The van der Waals surface area contributed by atoms with E-state index in [1.165, 1.54) is 5.56 Å². The first-order valence-corrected chi connectivity index (χ1v) is 7.60. The van der Waals surface area contributed by atoms with Gasteiger partial charge in [0.05, 0.1) is 6.20 Å². The number of nitrogens with zero attached hydrogens (tertiary/aromatic N) is 2. The zero-order valence-electron chi connectivity index (χ0n) is 12.8. The first-order chi connectivity index (χ1) is 10.2. The van der Waals surface area contributed by atoms with Crippen LogP contribution in [-0.2, 0) is 19.9 Å². The molecular formula is C17H24FN3. The van der Waals surface area contributed by atoms with Crippen molar-refractivity contribution in [2.75, 3.05) is 13.1 Å². The molecule has 0 aliphatic rings. The van der Waals surface area contributed by atoms with Gasteiger partial charge in [0.15, 0.2) is 0 Å². The molecular weight excluding hydrogens is 265 g/mol. The number of hydrogen-bond donors (Lipinski definition) is 1. The third-order valence-corrected chi connectivity index (χ3v) is 3.75. The molecule has 114 valence electrons. The fourth-order valence-electron chi connectivity index (χ4n) is 2.57. The van der Waals surface area contributed by atoms with Crippen LogP contribution in [0.2, 0.25) is 0 Å². The van der Waals surface area contributed by atoms with Crippen molar-refractivity contribution in [3.63, 3.8) is 0 Å². The van der Waals surface area contributed by atoms with Gasteiger partial charge in [-0.25, -0.2) is 4.39 Å². The maximum atomic E-state index is 13.8. The number of rotatable bonds is 8. The van der Waals surface area contributed by atoms with E-state index in [1.54, 1.807) is 12.1 Å². The Morgan fingerprint density at radius 3 is 2.81 bits per heavy atom. The lowest BCUT2D eigenvalue weighted by Crippen LogP contribution is -2.24. The summed E-state index contributed by atoms with van der Waals surface area (Å²) < 4.78 is 15.6. The summed E-state index contributed by atoms with van der Waals surface area (Å²) in [6.07, 6.45) is 6.76. The Hall–Kier alpha value is -1.68.